The Labute approximate surface area is 163 Å². The lowest BCUT2D eigenvalue weighted by Gasteiger charge is -2.21. The van der Waals surface area contributed by atoms with Crippen LogP contribution in [-0.4, -0.2) is 44.9 Å². The van der Waals surface area contributed by atoms with Gasteiger partial charge in [-0.15, -0.1) is 12.4 Å². The van der Waals surface area contributed by atoms with E-state index in [1.807, 2.05) is 45.9 Å². The lowest BCUT2D eigenvalue weighted by molar-refractivity contribution is -0.124. The Hall–Kier alpha value is -1.50. The molecule has 1 amide bonds. The summed E-state index contributed by atoms with van der Waals surface area (Å²) in [7, 11) is 1.59. The van der Waals surface area contributed by atoms with E-state index in [2.05, 4.69) is 10.6 Å². The average molecular weight is 389 g/mol. The zero-order chi connectivity index (χ0) is 18.7. The Morgan fingerprint density at radius 2 is 1.96 bits per heavy atom. The third kappa shape index (κ3) is 9.85. The van der Waals surface area contributed by atoms with Gasteiger partial charge in [-0.3, -0.25) is 4.79 Å². The molecule has 0 aliphatic rings. The smallest absolute Gasteiger partial charge is 0.258 e. The molecule has 0 fully saturated rings. The Morgan fingerprint density at radius 1 is 1.23 bits per heavy atom. The maximum absolute atomic E-state index is 12.0. The number of nitrogens with one attached hydrogen (secondary N) is 2. The predicted molar refractivity (Wildman–Crippen MR) is 106 cm³/mol. The topological polar surface area (TPSA) is 68.8 Å². The molecular formula is C19H33ClN2O4. The van der Waals surface area contributed by atoms with E-state index in [0.717, 1.165) is 31.7 Å². The van der Waals surface area contributed by atoms with Gasteiger partial charge in [-0.05, 0) is 46.7 Å². The van der Waals surface area contributed by atoms with E-state index in [4.69, 9.17) is 14.2 Å². The first-order valence-electron chi connectivity index (χ1n) is 8.75. The molecule has 0 saturated carbocycles. The number of benzene rings is 1. The molecule has 2 N–H and O–H groups in total. The molecule has 7 heteroatoms. The summed E-state index contributed by atoms with van der Waals surface area (Å²) in [4.78, 5) is 12.0. The second kappa shape index (κ2) is 12.8. The minimum Gasteiger partial charge on any atom is -0.493 e. The second-order valence-electron chi connectivity index (χ2n) is 6.76. The van der Waals surface area contributed by atoms with Gasteiger partial charge < -0.3 is 24.8 Å². The fourth-order valence-electron chi connectivity index (χ4n) is 2.28. The number of hydrogen-bond acceptors (Lipinski definition) is 5. The van der Waals surface area contributed by atoms with E-state index in [-0.39, 0.29) is 30.5 Å². The number of amides is 1. The fourth-order valence-corrected chi connectivity index (χ4v) is 2.28. The van der Waals surface area contributed by atoms with Crippen LogP contribution in [0.25, 0.3) is 0 Å². The molecule has 0 saturated heterocycles. The molecule has 0 unspecified atom stereocenters. The lowest BCUT2D eigenvalue weighted by atomic mass is 10.1. The largest absolute Gasteiger partial charge is 0.493 e. The van der Waals surface area contributed by atoms with Gasteiger partial charge in [0.25, 0.3) is 5.91 Å². The van der Waals surface area contributed by atoms with Gasteiger partial charge in [-0.25, -0.2) is 0 Å². The normalized spacial score (nSPS) is 10.8. The van der Waals surface area contributed by atoms with Crippen LogP contribution in [0.2, 0.25) is 0 Å². The highest BCUT2D eigenvalue weighted by atomic mass is 35.5. The zero-order valence-corrected chi connectivity index (χ0v) is 17.3. The SMILES string of the molecule is CCOCCCNCc1cccc(OC)c1OCC(=O)NC(C)(C)C.Cl. The Morgan fingerprint density at radius 3 is 2.58 bits per heavy atom. The van der Waals surface area contributed by atoms with E-state index in [1.54, 1.807) is 7.11 Å². The third-order valence-corrected chi connectivity index (χ3v) is 3.30. The molecule has 26 heavy (non-hydrogen) atoms. The molecule has 0 heterocycles. The number of hydrogen-bond donors (Lipinski definition) is 2. The highest BCUT2D eigenvalue weighted by Gasteiger charge is 2.16. The van der Waals surface area contributed by atoms with Gasteiger partial charge in [0.05, 0.1) is 7.11 Å². The molecule has 0 radical (unpaired) electrons. The van der Waals surface area contributed by atoms with Crippen LogP contribution < -0.4 is 20.1 Å². The molecule has 0 spiro atoms. The Balaban J connectivity index is 0.00000625. The van der Waals surface area contributed by atoms with Crippen LogP contribution in [0.4, 0.5) is 0 Å². The van der Waals surface area contributed by atoms with Crippen LogP contribution in [-0.2, 0) is 16.1 Å². The van der Waals surface area contributed by atoms with E-state index in [9.17, 15) is 4.79 Å². The number of methoxy groups -OCH3 is 1. The second-order valence-corrected chi connectivity index (χ2v) is 6.76. The third-order valence-electron chi connectivity index (χ3n) is 3.30. The molecule has 1 aromatic carbocycles. The minimum atomic E-state index is -0.286. The van der Waals surface area contributed by atoms with Crippen molar-refractivity contribution in [3.63, 3.8) is 0 Å². The first kappa shape index (κ1) is 24.5. The maximum Gasteiger partial charge on any atom is 0.258 e. The molecule has 0 aliphatic heterocycles. The number of halogens is 1. The standard InChI is InChI=1S/C19H32N2O4.ClH/c1-6-24-12-8-11-20-13-15-9-7-10-16(23-5)18(15)25-14-17(22)21-19(2,3)4;/h7,9-10,20H,6,8,11-14H2,1-5H3,(H,21,22);1H. The fraction of sp³-hybridized carbons (Fsp3) is 0.632. The van der Waals surface area contributed by atoms with Crippen LogP contribution in [0.5, 0.6) is 11.5 Å². The van der Waals surface area contributed by atoms with E-state index < -0.39 is 0 Å². The quantitative estimate of drug-likeness (QED) is 0.570. The van der Waals surface area contributed by atoms with E-state index >= 15 is 0 Å². The van der Waals surface area contributed by atoms with Crippen molar-refractivity contribution in [2.75, 3.05) is 33.5 Å². The highest BCUT2D eigenvalue weighted by Crippen LogP contribution is 2.31. The Kier molecular flexibility index (Phi) is 12.1. The molecule has 0 aliphatic carbocycles. The number of para-hydroxylation sites is 1. The molecule has 0 aromatic heterocycles. The van der Waals surface area contributed by atoms with E-state index in [1.165, 1.54) is 0 Å². The van der Waals surface area contributed by atoms with Gasteiger partial charge in [-0.2, -0.15) is 0 Å². The first-order valence-corrected chi connectivity index (χ1v) is 8.75. The van der Waals surface area contributed by atoms with Gasteiger partial charge in [0, 0.05) is 30.9 Å². The summed E-state index contributed by atoms with van der Waals surface area (Å²) >= 11 is 0. The number of rotatable bonds is 11. The van der Waals surface area contributed by atoms with Crippen molar-refractivity contribution in [1.82, 2.24) is 10.6 Å². The van der Waals surface area contributed by atoms with Crippen molar-refractivity contribution in [2.24, 2.45) is 0 Å². The predicted octanol–water partition coefficient (Wildman–Crippen LogP) is 2.93. The molecule has 0 bridgehead atoms. The zero-order valence-electron chi connectivity index (χ0n) is 16.5. The minimum absolute atomic E-state index is 0. The van der Waals surface area contributed by atoms with Crippen LogP contribution in [0.3, 0.4) is 0 Å². The summed E-state index contributed by atoms with van der Waals surface area (Å²) in [5.41, 5.74) is 0.672. The molecule has 1 aromatic rings. The molecular weight excluding hydrogens is 356 g/mol. The summed E-state index contributed by atoms with van der Waals surface area (Å²) in [6.45, 7) is 10.7. The summed E-state index contributed by atoms with van der Waals surface area (Å²) in [5, 5.41) is 6.25. The van der Waals surface area contributed by atoms with Gasteiger partial charge in [0.1, 0.15) is 0 Å². The molecule has 1 rings (SSSR count). The highest BCUT2D eigenvalue weighted by molar-refractivity contribution is 5.85. The van der Waals surface area contributed by atoms with E-state index in [0.29, 0.717) is 18.0 Å². The lowest BCUT2D eigenvalue weighted by Crippen LogP contribution is -2.43. The van der Waals surface area contributed by atoms with Crippen LogP contribution in [0.1, 0.15) is 39.7 Å². The van der Waals surface area contributed by atoms with Gasteiger partial charge in [0.15, 0.2) is 18.1 Å². The van der Waals surface area contributed by atoms with Crippen molar-refractivity contribution >= 4 is 18.3 Å². The van der Waals surface area contributed by atoms with Crippen molar-refractivity contribution in [2.45, 2.75) is 46.2 Å². The van der Waals surface area contributed by atoms with Crippen molar-refractivity contribution in [3.05, 3.63) is 23.8 Å². The summed E-state index contributed by atoms with van der Waals surface area (Å²) in [6.07, 6.45) is 0.946. The van der Waals surface area contributed by atoms with Crippen molar-refractivity contribution in [1.29, 1.82) is 0 Å². The number of ether oxygens (including phenoxy) is 3. The molecule has 0 atom stereocenters. The summed E-state index contributed by atoms with van der Waals surface area (Å²) < 4.78 is 16.5. The molecule has 6 nitrogen and oxygen atoms in total. The number of carbonyl (C=O) groups excluding carboxylic acids is 1. The maximum atomic E-state index is 12.0. The van der Waals surface area contributed by atoms with Gasteiger partial charge in [0.2, 0.25) is 0 Å². The molecule has 150 valence electrons. The summed E-state index contributed by atoms with van der Waals surface area (Å²) in [6, 6.07) is 5.71. The Bertz CT molecular complexity index is 533. The number of carbonyl (C=O) groups is 1. The first-order chi connectivity index (χ1) is 11.9. The summed E-state index contributed by atoms with van der Waals surface area (Å²) in [5.74, 6) is 1.07. The van der Waals surface area contributed by atoms with Crippen LogP contribution in [0, 0.1) is 0 Å². The van der Waals surface area contributed by atoms with Crippen LogP contribution >= 0.6 is 12.4 Å². The van der Waals surface area contributed by atoms with Crippen molar-refractivity contribution in [3.8, 4) is 11.5 Å². The van der Waals surface area contributed by atoms with Crippen molar-refractivity contribution < 1.29 is 19.0 Å². The van der Waals surface area contributed by atoms with Crippen LogP contribution in [0.15, 0.2) is 18.2 Å². The van der Waals surface area contributed by atoms with Gasteiger partial charge in [-0.1, -0.05) is 12.1 Å². The van der Waals surface area contributed by atoms with Gasteiger partial charge >= 0.3 is 0 Å². The average Bonchev–Trinajstić information content (AvgIpc) is 2.54. The monoisotopic (exact) mass is 388 g/mol.